The molecule has 0 atom stereocenters. The smallest absolute Gasteiger partial charge is 0.279 e. The van der Waals surface area contributed by atoms with Crippen LogP contribution in [0, 0.1) is 5.92 Å². The highest BCUT2D eigenvalue weighted by atomic mass is 32.2. The van der Waals surface area contributed by atoms with Crippen LogP contribution < -0.4 is 10.0 Å². The monoisotopic (exact) mass is 279 g/mol. The van der Waals surface area contributed by atoms with Crippen molar-refractivity contribution in [2.24, 2.45) is 5.92 Å². The maximum Gasteiger partial charge on any atom is 0.279 e. The standard InChI is InChI=1S/C11H25N3O3S/c1-12-6-3-8-14(2)18(15,16)13-7-9-17-10-11-4-5-11/h11-13H,3-10H2,1-2H3. The van der Waals surface area contributed by atoms with Gasteiger partial charge < -0.3 is 10.1 Å². The molecule has 2 N–H and O–H groups in total. The molecule has 0 bridgehead atoms. The van der Waals surface area contributed by atoms with E-state index < -0.39 is 10.2 Å². The molecule has 0 aliphatic heterocycles. The van der Waals surface area contributed by atoms with Gasteiger partial charge in [0.2, 0.25) is 0 Å². The summed E-state index contributed by atoms with van der Waals surface area (Å²) in [4.78, 5) is 0. The molecule has 1 fully saturated rings. The first kappa shape index (κ1) is 15.8. The van der Waals surface area contributed by atoms with Crippen LogP contribution in [0.2, 0.25) is 0 Å². The van der Waals surface area contributed by atoms with Crippen LogP contribution in [-0.2, 0) is 14.9 Å². The molecule has 0 amide bonds. The molecule has 0 unspecified atom stereocenters. The first-order valence-electron chi connectivity index (χ1n) is 6.49. The van der Waals surface area contributed by atoms with Gasteiger partial charge in [0, 0.05) is 26.7 Å². The fourth-order valence-corrected chi connectivity index (χ4v) is 2.42. The van der Waals surface area contributed by atoms with Crippen molar-refractivity contribution in [2.75, 3.05) is 46.9 Å². The largest absolute Gasteiger partial charge is 0.380 e. The second kappa shape index (κ2) is 8.06. The Balaban J connectivity index is 2.08. The molecule has 1 rings (SSSR count). The van der Waals surface area contributed by atoms with Crippen LogP contribution in [0.3, 0.4) is 0 Å². The zero-order valence-corrected chi connectivity index (χ0v) is 12.1. The number of rotatable bonds is 11. The van der Waals surface area contributed by atoms with Gasteiger partial charge in [-0.05, 0) is 38.8 Å². The maximum atomic E-state index is 11.8. The third-order valence-corrected chi connectivity index (χ3v) is 4.46. The van der Waals surface area contributed by atoms with E-state index in [-0.39, 0.29) is 0 Å². The molecule has 0 saturated heterocycles. The zero-order chi connectivity index (χ0) is 13.4. The summed E-state index contributed by atoms with van der Waals surface area (Å²) in [6.07, 6.45) is 3.30. The van der Waals surface area contributed by atoms with E-state index in [4.69, 9.17) is 4.74 Å². The SMILES string of the molecule is CNCCCN(C)S(=O)(=O)NCCOCC1CC1. The molecule has 1 aliphatic carbocycles. The molecule has 0 spiro atoms. The van der Waals surface area contributed by atoms with Gasteiger partial charge in [-0.25, -0.2) is 0 Å². The van der Waals surface area contributed by atoms with Crippen molar-refractivity contribution in [1.29, 1.82) is 0 Å². The summed E-state index contributed by atoms with van der Waals surface area (Å²) in [7, 11) is 0.0872. The van der Waals surface area contributed by atoms with E-state index in [1.807, 2.05) is 7.05 Å². The van der Waals surface area contributed by atoms with Crippen molar-refractivity contribution in [3.63, 3.8) is 0 Å². The fourth-order valence-electron chi connectivity index (χ4n) is 1.49. The number of hydrogen-bond acceptors (Lipinski definition) is 4. The van der Waals surface area contributed by atoms with Crippen LogP contribution in [0.4, 0.5) is 0 Å². The maximum absolute atomic E-state index is 11.8. The molecule has 18 heavy (non-hydrogen) atoms. The van der Waals surface area contributed by atoms with E-state index >= 15 is 0 Å². The van der Waals surface area contributed by atoms with Gasteiger partial charge in [0.1, 0.15) is 0 Å². The Labute approximate surface area is 110 Å². The predicted octanol–water partition coefficient (Wildman–Crippen LogP) is -0.211. The quantitative estimate of drug-likeness (QED) is 0.513. The lowest BCUT2D eigenvalue weighted by atomic mass is 10.4. The van der Waals surface area contributed by atoms with Gasteiger partial charge in [0.05, 0.1) is 6.61 Å². The van der Waals surface area contributed by atoms with Crippen LogP contribution >= 0.6 is 0 Å². The minimum atomic E-state index is -3.35. The Kier molecular flexibility index (Phi) is 7.10. The number of nitrogens with one attached hydrogen (secondary N) is 2. The summed E-state index contributed by atoms with van der Waals surface area (Å²) in [5.41, 5.74) is 0. The molecule has 0 heterocycles. The highest BCUT2D eigenvalue weighted by Gasteiger charge is 2.21. The average molecular weight is 279 g/mol. The topological polar surface area (TPSA) is 70.7 Å². The number of hydrogen-bond donors (Lipinski definition) is 2. The third kappa shape index (κ3) is 6.65. The van der Waals surface area contributed by atoms with Gasteiger partial charge in [-0.15, -0.1) is 0 Å². The summed E-state index contributed by atoms with van der Waals surface area (Å²) < 4.78 is 32.8. The van der Waals surface area contributed by atoms with E-state index in [1.54, 1.807) is 7.05 Å². The van der Waals surface area contributed by atoms with E-state index in [1.165, 1.54) is 17.1 Å². The third-order valence-electron chi connectivity index (χ3n) is 2.89. The number of ether oxygens (including phenoxy) is 1. The van der Waals surface area contributed by atoms with Crippen LogP contribution in [-0.4, -0.2) is 59.7 Å². The Morgan fingerprint density at radius 1 is 1.33 bits per heavy atom. The second-order valence-corrected chi connectivity index (χ2v) is 6.56. The lowest BCUT2D eigenvalue weighted by molar-refractivity contribution is 0.129. The highest BCUT2D eigenvalue weighted by Crippen LogP contribution is 2.28. The van der Waals surface area contributed by atoms with E-state index in [2.05, 4.69) is 10.0 Å². The molecule has 0 aromatic carbocycles. The van der Waals surface area contributed by atoms with Crippen molar-refractivity contribution in [1.82, 2.24) is 14.3 Å². The van der Waals surface area contributed by atoms with Crippen molar-refractivity contribution in [3.8, 4) is 0 Å². The van der Waals surface area contributed by atoms with Gasteiger partial charge in [-0.2, -0.15) is 17.4 Å². The van der Waals surface area contributed by atoms with E-state index in [0.29, 0.717) is 25.6 Å². The van der Waals surface area contributed by atoms with Crippen molar-refractivity contribution in [2.45, 2.75) is 19.3 Å². The van der Waals surface area contributed by atoms with Crippen molar-refractivity contribution < 1.29 is 13.2 Å². The average Bonchev–Trinajstić information content (AvgIpc) is 3.12. The molecular weight excluding hydrogens is 254 g/mol. The molecule has 0 aromatic heterocycles. The van der Waals surface area contributed by atoms with Gasteiger partial charge in [-0.3, -0.25) is 0 Å². The minimum absolute atomic E-state index is 0.339. The van der Waals surface area contributed by atoms with Gasteiger partial charge in [-0.1, -0.05) is 0 Å². The van der Waals surface area contributed by atoms with Crippen LogP contribution in [0.1, 0.15) is 19.3 Å². The Bertz CT molecular complexity index is 317. The van der Waals surface area contributed by atoms with Gasteiger partial charge in [0.15, 0.2) is 0 Å². The molecule has 6 nitrogen and oxygen atoms in total. The molecule has 0 aromatic rings. The molecule has 108 valence electrons. The molecule has 1 saturated carbocycles. The molecular formula is C11H25N3O3S. The normalized spacial score (nSPS) is 16.4. The fraction of sp³-hybridized carbons (Fsp3) is 1.00. The zero-order valence-electron chi connectivity index (χ0n) is 11.3. The van der Waals surface area contributed by atoms with E-state index in [0.717, 1.165) is 19.6 Å². The lowest BCUT2D eigenvalue weighted by Crippen LogP contribution is -2.40. The Morgan fingerprint density at radius 3 is 2.67 bits per heavy atom. The molecule has 0 radical (unpaired) electrons. The van der Waals surface area contributed by atoms with Crippen molar-refractivity contribution in [3.05, 3.63) is 0 Å². The Hall–Kier alpha value is -0.210. The summed E-state index contributed by atoms with van der Waals surface area (Å²) in [6, 6.07) is 0. The minimum Gasteiger partial charge on any atom is -0.380 e. The Morgan fingerprint density at radius 2 is 2.06 bits per heavy atom. The summed E-state index contributed by atoms with van der Waals surface area (Å²) in [5.74, 6) is 0.714. The first-order chi connectivity index (χ1) is 8.56. The predicted molar refractivity (Wildman–Crippen MR) is 71.6 cm³/mol. The van der Waals surface area contributed by atoms with Crippen LogP contribution in [0.15, 0.2) is 0 Å². The molecule has 7 heteroatoms. The van der Waals surface area contributed by atoms with Gasteiger partial charge >= 0.3 is 0 Å². The van der Waals surface area contributed by atoms with Crippen molar-refractivity contribution >= 4 is 10.2 Å². The van der Waals surface area contributed by atoms with E-state index in [9.17, 15) is 8.42 Å². The summed E-state index contributed by atoms with van der Waals surface area (Å²) in [6.45, 7) is 2.87. The highest BCUT2D eigenvalue weighted by molar-refractivity contribution is 7.87. The molecule has 1 aliphatic rings. The lowest BCUT2D eigenvalue weighted by Gasteiger charge is -2.17. The van der Waals surface area contributed by atoms with Crippen LogP contribution in [0.5, 0.6) is 0 Å². The van der Waals surface area contributed by atoms with Crippen LogP contribution in [0.25, 0.3) is 0 Å². The summed E-state index contributed by atoms with van der Waals surface area (Å²) in [5, 5.41) is 2.99. The summed E-state index contributed by atoms with van der Waals surface area (Å²) >= 11 is 0. The first-order valence-corrected chi connectivity index (χ1v) is 7.93. The van der Waals surface area contributed by atoms with Gasteiger partial charge in [0.25, 0.3) is 10.2 Å². The number of nitrogens with zero attached hydrogens (tertiary/aromatic N) is 1. The second-order valence-electron chi connectivity index (χ2n) is 4.70.